The summed E-state index contributed by atoms with van der Waals surface area (Å²) in [4.78, 5) is 5.08. The average Bonchev–Trinajstić information content (AvgIpc) is 1.48. The molecule has 1 spiro atoms. The minimum atomic E-state index is -0.777. The largest absolute Gasteiger partial charge is 0.455 e. The van der Waals surface area contributed by atoms with Gasteiger partial charge in [0.1, 0.15) is 11.2 Å². The van der Waals surface area contributed by atoms with Crippen molar-refractivity contribution < 1.29 is 4.42 Å². The molecule has 0 bridgehead atoms. The number of hydrogen-bond acceptors (Lipinski definition) is 3. The second kappa shape index (κ2) is 19.1. The number of para-hydroxylation sites is 1. The smallest absolute Gasteiger partial charge is 0.145 e. The zero-order valence-electron chi connectivity index (χ0n) is 54.2. The fourth-order valence-electron chi connectivity index (χ4n) is 17.7. The van der Waals surface area contributed by atoms with Crippen molar-refractivity contribution in [3.63, 3.8) is 0 Å². The van der Waals surface area contributed by atoms with Gasteiger partial charge in [-0.25, -0.2) is 0 Å². The van der Waals surface area contributed by atoms with E-state index in [2.05, 4.69) is 334 Å². The van der Waals surface area contributed by atoms with Crippen LogP contribution in [-0.4, -0.2) is 0 Å². The molecule has 0 aliphatic heterocycles. The van der Waals surface area contributed by atoms with Gasteiger partial charge in [-0.1, -0.05) is 251 Å². The quantitative estimate of drug-likeness (QED) is 0.155. The highest BCUT2D eigenvalue weighted by Gasteiger charge is 2.55. The molecule has 5 aliphatic rings. The molecule has 0 saturated heterocycles. The number of anilines is 6. The minimum absolute atomic E-state index is 0.00222. The zero-order chi connectivity index (χ0) is 62.5. The molecular formula is C89H74N2O. The van der Waals surface area contributed by atoms with Crippen molar-refractivity contribution in [1.29, 1.82) is 0 Å². The van der Waals surface area contributed by atoms with E-state index in [4.69, 9.17) is 4.42 Å². The van der Waals surface area contributed by atoms with E-state index in [1.54, 1.807) is 0 Å². The number of fused-ring (bicyclic) bond motifs is 25. The van der Waals surface area contributed by atoms with Gasteiger partial charge in [0.25, 0.3) is 0 Å². The summed E-state index contributed by atoms with van der Waals surface area (Å²) in [7, 11) is 0. The summed E-state index contributed by atoms with van der Waals surface area (Å²) >= 11 is 0. The van der Waals surface area contributed by atoms with E-state index in [0.29, 0.717) is 11.8 Å². The second-order valence-electron chi connectivity index (χ2n) is 30.0. The summed E-state index contributed by atoms with van der Waals surface area (Å²) in [5.41, 5.74) is 28.1. The molecule has 2 unspecified atom stereocenters. The van der Waals surface area contributed by atoms with Crippen molar-refractivity contribution in [2.24, 2.45) is 5.92 Å². The Labute approximate surface area is 540 Å². The van der Waals surface area contributed by atoms with Crippen LogP contribution in [0, 0.1) is 5.92 Å². The molecular weight excluding hydrogens is 1110 g/mol. The van der Waals surface area contributed by atoms with Gasteiger partial charge in [-0.15, -0.1) is 0 Å². The maximum atomic E-state index is 7.68. The lowest BCUT2D eigenvalue weighted by Crippen LogP contribution is -2.26. The van der Waals surface area contributed by atoms with Crippen LogP contribution < -0.4 is 9.80 Å². The molecule has 3 nitrogen and oxygen atoms in total. The highest BCUT2D eigenvalue weighted by atomic mass is 16.3. The lowest BCUT2D eigenvalue weighted by atomic mass is 9.69. The average molecular weight is 1190 g/mol. The van der Waals surface area contributed by atoms with Gasteiger partial charge in [0.2, 0.25) is 0 Å². The second-order valence-corrected chi connectivity index (χ2v) is 30.0. The van der Waals surface area contributed by atoms with E-state index in [1.807, 2.05) is 0 Å². The highest BCUT2D eigenvalue weighted by Crippen LogP contribution is 2.68. The van der Waals surface area contributed by atoms with Gasteiger partial charge in [-0.05, 0) is 200 Å². The Kier molecular flexibility index (Phi) is 11.4. The van der Waals surface area contributed by atoms with Crippen LogP contribution in [-0.2, 0) is 27.1 Å². The molecule has 1 heterocycles. The summed E-state index contributed by atoms with van der Waals surface area (Å²) < 4.78 is 7.68. The number of benzene rings is 12. The molecule has 18 rings (SSSR count). The van der Waals surface area contributed by atoms with Crippen molar-refractivity contribution in [1.82, 2.24) is 0 Å². The van der Waals surface area contributed by atoms with E-state index >= 15 is 0 Å². The number of nitrogens with zero attached hydrogens (tertiary/aromatic N) is 2. The molecule has 2 atom stereocenters. The Morgan fingerprint density at radius 3 is 1.57 bits per heavy atom. The van der Waals surface area contributed by atoms with Gasteiger partial charge in [-0.3, -0.25) is 0 Å². The normalized spacial score (nSPS) is 17.2. The van der Waals surface area contributed by atoms with Crippen LogP contribution in [0.1, 0.15) is 131 Å². The van der Waals surface area contributed by atoms with Crippen molar-refractivity contribution >= 4 is 77.6 Å². The molecule has 446 valence electrons. The lowest BCUT2D eigenvalue weighted by Gasteiger charge is -2.34. The Hall–Kier alpha value is -9.96. The summed E-state index contributed by atoms with van der Waals surface area (Å²) in [6, 6.07) is 88.9. The third kappa shape index (κ3) is 7.45. The monoisotopic (exact) mass is 1190 g/mol. The molecule has 92 heavy (non-hydrogen) atoms. The molecule has 0 saturated carbocycles. The first-order valence-corrected chi connectivity index (χ1v) is 33.1. The van der Waals surface area contributed by atoms with Crippen molar-refractivity contribution in [3.05, 3.63) is 310 Å². The molecule has 12 aromatic carbocycles. The van der Waals surface area contributed by atoms with E-state index < -0.39 is 5.41 Å². The lowest BCUT2D eigenvalue weighted by molar-refractivity contribution is 0.394. The van der Waals surface area contributed by atoms with Crippen LogP contribution in [0.2, 0.25) is 0 Å². The predicted molar refractivity (Wildman–Crippen MR) is 387 cm³/mol. The SMILES string of the molecule is CC(C)(C)c1ccc(N(c2ccc3c(c2)C(C)(C)C2C=CC=CC32)c2ccc3c4c(c5ccccc5c3c2)-c2c(cc(N(c3ccc(C(C)(C)C)cc3)c3ccc5c(c3)C(C)(C)c3ccccc3-5)c3c2oc2ccccc23)C42c3ccccc3-c3ccccc32)cc1. The van der Waals surface area contributed by atoms with Crippen LogP contribution in [0.15, 0.2) is 259 Å². The third-order valence-corrected chi connectivity index (χ3v) is 22.2. The first-order chi connectivity index (χ1) is 44.4. The van der Waals surface area contributed by atoms with E-state index in [1.165, 1.54) is 105 Å². The number of rotatable bonds is 6. The number of furan rings is 1. The fraction of sp³-hybridized carbons (Fsp3) is 0.191. The maximum Gasteiger partial charge on any atom is 0.145 e. The molecule has 0 radical (unpaired) electrons. The number of allylic oxidation sites excluding steroid dienone is 4. The van der Waals surface area contributed by atoms with Gasteiger partial charge in [0.15, 0.2) is 0 Å². The van der Waals surface area contributed by atoms with Crippen molar-refractivity contribution in [2.75, 3.05) is 9.80 Å². The van der Waals surface area contributed by atoms with Crippen LogP contribution >= 0.6 is 0 Å². The van der Waals surface area contributed by atoms with Crippen molar-refractivity contribution in [3.8, 4) is 33.4 Å². The minimum Gasteiger partial charge on any atom is -0.455 e. The summed E-state index contributed by atoms with van der Waals surface area (Å²) in [5.74, 6) is 0.762. The van der Waals surface area contributed by atoms with Gasteiger partial charge < -0.3 is 14.2 Å². The molecule has 0 amide bonds. The maximum absolute atomic E-state index is 7.68. The van der Waals surface area contributed by atoms with Crippen molar-refractivity contribution in [2.45, 2.75) is 102 Å². The van der Waals surface area contributed by atoms with E-state index in [-0.39, 0.29) is 21.7 Å². The van der Waals surface area contributed by atoms with Crippen LogP contribution in [0.25, 0.3) is 76.9 Å². The zero-order valence-corrected chi connectivity index (χ0v) is 54.2. The summed E-state index contributed by atoms with van der Waals surface area (Å²) in [6.45, 7) is 23.5. The Bertz CT molecular complexity index is 5330. The van der Waals surface area contributed by atoms with E-state index in [0.717, 1.165) is 61.6 Å². The first kappa shape index (κ1) is 54.9. The fourth-order valence-corrected chi connectivity index (χ4v) is 17.7. The molecule has 5 aliphatic carbocycles. The van der Waals surface area contributed by atoms with Gasteiger partial charge in [0, 0.05) is 50.7 Å². The summed E-state index contributed by atoms with van der Waals surface area (Å²) in [6.07, 6.45) is 9.33. The third-order valence-electron chi connectivity index (χ3n) is 22.2. The molecule has 0 fully saturated rings. The van der Waals surface area contributed by atoms with Gasteiger partial charge in [-0.2, -0.15) is 0 Å². The van der Waals surface area contributed by atoms with Crippen LogP contribution in [0.5, 0.6) is 0 Å². The Morgan fingerprint density at radius 1 is 0.380 bits per heavy atom. The molecule has 3 heteroatoms. The van der Waals surface area contributed by atoms with Gasteiger partial charge in [0.05, 0.1) is 16.5 Å². The summed E-state index contributed by atoms with van der Waals surface area (Å²) in [5, 5.41) is 7.05. The first-order valence-electron chi connectivity index (χ1n) is 33.1. The molecule has 1 aromatic heterocycles. The number of hydrogen-bond donors (Lipinski definition) is 0. The Balaban J connectivity index is 0.945. The molecule has 13 aromatic rings. The standard InChI is InChI=1S/C89H74N2O/c1-85(2,3)53-35-39-55(40-36-53)90(58-43-46-65-61-24-13-18-30-71(61)87(7,8)75(65)50-58)57-45-48-68-70(49-57)60-23-11-12-28-67(60)81-82-77(89(83(68)81)73-32-20-15-26-63(73)64-27-16-21-33-74(64)89)52-78(80-69-29-17-22-34-79(69)92-84(80)82)91(56-41-37-54(38-42-56)86(4,5)6)59-44-47-66-62-25-14-19-31-72(62)88(9,10)76(66)51-59/h11-52,61,71H,1-10H3. The molecule has 0 N–H and O–H groups in total. The van der Waals surface area contributed by atoms with Crippen LogP contribution in [0.4, 0.5) is 34.1 Å². The predicted octanol–water partition coefficient (Wildman–Crippen LogP) is 24.2. The Morgan fingerprint density at radius 2 is 0.891 bits per heavy atom. The van der Waals surface area contributed by atoms with E-state index in [9.17, 15) is 0 Å². The topological polar surface area (TPSA) is 19.6 Å². The van der Waals surface area contributed by atoms with Gasteiger partial charge >= 0.3 is 0 Å². The van der Waals surface area contributed by atoms with Crippen LogP contribution in [0.3, 0.4) is 0 Å². The highest BCUT2D eigenvalue weighted by molar-refractivity contribution is 6.26.